The maximum absolute atomic E-state index is 13.4. The Bertz CT molecular complexity index is 923. The highest BCUT2D eigenvalue weighted by molar-refractivity contribution is 5.49. The smallest absolute Gasteiger partial charge is 0.355 e. The van der Waals surface area contributed by atoms with Crippen LogP contribution in [0, 0.1) is 0 Å². The summed E-state index contributed by atoms with van der Waals surface area (Å²) in [6, 6.07) is 6.31. The molecule has 0 amide bonds. The van der Waals surface area contributed by atoms with E-state index in [0.29, 0.717) is 19.6 Å². The van der Waals surface area contributed by atoms with Gasteiger partial charge < -0.3 is 9.47 Å². The molecule has 1 aliphatic heterocycles. The lowest BCUT2D eigenvalue weighted by molar-refractivity contribution is -0.137. The molecule has 1 saturated heterocycles. The van der Waals surface area contributed by atoms with Crippen molar-refractivity contribution in [2.24, 2.45) is 0 Å². The molecule has 4 heterocycles. The van der Waals surface area contributed by atoms with Crippen LogP contribution in [-0.4, -0.2) is 32.6 Å². The molecule has 0 unspecified atom stereocenters. The van der Waals surface area contributed by atoms with Crippen molar-refractivity contribution in [3.63, 3.8) is 0 Å². The summed E-state index contributed by atoms with van der Waals surface area (Å²) in [5.41, 5.74) is 0.418. The second-order valence-electron chi connectivity index (χ2n) is 6.93. The molecule has 0 radical (unpaired) electrons. The number of imidazole rings is 1. The number of alkyl halides is 3. The average molecular weight is 387 g/mol. The van der Waals surface area contributed by atoms with Crippen molar-refractivity contribution in [2.45, 2.75) is 31.5 Å². The quantitative estimate of drug-likeness (QED) is 0.676. The molecule has 8 heteroatoms. The van der Waals surface area contributed by atoms with Gasteiger partial charge in [0.1, 0.15) is 11.6 Å². The molecule has 28 heavy (non-hydrogen) atoms. The van der Waals surface area contributed by atoms with Crippen LogP contribution in [0.1, 0.15) is 35.7 Å². The van der Waals surface area contributed by atoms with Gasteiger partial charge >= 0.3 is 6.18 Å². The van der Waals surface area contributed by atoms with Gasteiger partial charge in [0.05, 0.1) is 5.56 Å². The van der Waals surface area contributed by atoms with Crippen LogP contribution < -0.4 is 4.90 Å². The molecular formula is C20H20F3N5. The minimum atomic E-state index is -4.42. The topological polar surface area (TPSA) is 46.8 Å². The van der Waals surface area contributed by atoms with Crippen LogP contribution >= 0.6 is 0 Å². The van der Waals surface area contributed by atoms with E-state index in [9.17, 15) is 13.2 Å². The monoisotopic (exact) mass is 387 g/mol. The van der Waals surface area contributed by atoms with Crippen molar-refractivity contribution < 1.29 is 13.2 Å². The minimum absolute atomic E-state index is 0.00643. The Balaban J connectivity index is 1.57. The Hall–Kier alpha value is -2.90. The lowest BCUT2D eigenvalue weighted by Gasteiger charge is -2.34. The SMILES string of the molecule is FC(F)(F)c1cccnc1N1CCC[C@H](c2nccn2Cc2ccncc2)C1. The zero-order valence-electron chi connectivity index (χ0n) is 15.2. The molecule has 5 nitrogen and oxygen atoms in total. The van der Waals surface area contributed by atoms with Crippen LogP contribution in [0.2, 0.25) is 0 Å². The van der Waals surface area contributed by atoms with E-state index < -0.39 is 11.7 Å². The van der Waals surface area contributed by atoms with Gasteiger partial charge in [0.25, 0.3) is 0 Å². The Labute approximate surface area is 160 Å². The summed E-state index contributed by atoms with van der Waals surface area (Å²) in [4.78, 5) is 14.3. The normalized spacial score (nSPS) is 17.7. The second kappa shape index (κ2) is 7.61. The standard InChI is InChI=1S/C20H20F3N5/c21-20(22,23)17-4-1-7-25-19(17)27-11-2-3-16(14-27)18-26-10-12-28(18)13-15-5-8-24-9-6-15/h1,4-10,12,16H,2-3,11,13-14H2/t16-/m0/s1. The molecular weight excluding hydrogens is 367 g/mol. The average Bonchev–Trinajstić information content (AvgIpc) is 3.16. The molecule has 1 atom stereocenters. The maximum Gasteiger partial charge on any atom is 0.419 e. The molecule has 1 aliphatic rings. The van der Waals surface area contributed by atoms with E-state index in [2.05, 4.69) is 19.5 Å². The first-order valence-electron chi connectivity index (χ1n) is 9.19. The zero-order valence-corrected chi connectivity index (χ0v) is 15.2. The summed E-state index contributed by atoms with van der Waals surface area (Å²) >= 11 is 0. The highest BCUT2D eigenvalue weighted by Gasteiger charge is 2.37. The minimum Gasteiger partial charge on any atom is -0.355 e. The Morgan fingerprint density at radius 3 is 2.64 bits per heavy atom. The lowest BCUT2D eigenvalue weighted by atomic mass is 9.96. The first-order valence-corrected chi connectivity index (χ1v) is 9.19. The van der Waals surface area contributed by atoms with E-state index in [0.717, 1.165) is 30.3 Å². The number of hydrogen-bond donors (Lipinski definition) is 0. The highest BCUT2D eigenvalue weighted by Crippen LogP contribution is 2.37. The zero-order chi connectivity index (χ0) is 19.6. The van der Waals surface area contributed by atoms with Gasteiger partial charge in [-0.25, -0.2) is 9.97 Å². The molecule has 0 N–H and O–H groups in total. The third-order valence-corrected chi connectivity index (χ3v) is 5.03. The van der Waals surface area contributed by atoms with Crippen LogP contribution in [0.3, 0.4) is 0 Å². The van der Waals surface area contributed by atoms with E-state index in [-0.39, 0.29) is 11.7 Å². The molecule has 1 fully saturated rings. The Kier molecular flexibility index (Phi) is 5.02. The van der Waals surface area contributed by atoms with Gasteiger partial charge in [0.15, 0.2) is 0 Å². The number of aromatic nitrogens is 4. The molecule has 3 aromatic heterocycles. The van der Waals surface area contributed by atoms with Crippen molar-refractivity contribution >= 4 is 5.82 Å². The summed E-state index contributed by atoms with van der Waals surface area (Å²) in [5.74, 6) is 0.951. The first-order chi connectivity index (χ1) is 13.5. The van der Waals surface area contributed by atoms with Crippen molar-refractivity contribution in [1.82, 2.24) is 19.5 Å². The molecule has 3 aromatic rings. The fraction of sp³-hybridized carbons (Fsp3) is 0.350. The van der Waals surface area contributed by atoms with Gasteiger partial charge in [-0.2, -0.15) is 13.2 Å². The molecule has 0 bridgehead atoms. The van der Waals surface area contributed by atoms with Crippen molar-refractivity contribution in [3.8, 4) is 0 Å². The van der Waals surface area contributed by atoms with Crippen molar-refractivity contribution in [2.75, 3.05) is 18.0 Å². The number of hydrogen-bond acceptors (Lipinski definition) is 4. The summed E-state index contributed by atoms with van der Waals surface area (Å²) in [6.07, 6.45) is 5.82. The summed E-state index contributed by atoms with van der Waals surface area (Å²) in [6.45, 7) is 1.68. The van der Waals surface area contributed by atoms with Crippen LogP contribution in [0.4, 0.5) is 19.0 Å². The van der Waals surface area contributed by atoms with Gasteiger partial charge in [-0.15, -0.1) is 0 Å². The molecule has 0 aliphatic carbocycles. The number of halogens is 3. The summed E-state index contributed by atoms with van der Waals surface area (Å²) < 4.78 is 42.2. The number of anilines is 1. The maximum atomic E-state index is 13.4. The molecule has 146 valence electrons. The molecule has 4 rings (SSSR count). The van der Waals surface area contributed by atoms with Gasteiger partial charge in [0.2, 0.25) is 0 Å². The number of nitrogens with zero attached hydrogens (tertiary/aromatic N) is 5. The fourth-order valence-electron chi connectivity index (χ4n) is 3.75. The Morgan fingerprint density at radius 1 is 1.04 bits per heavy atom. The molecule has 0 spiro atoms. The van der Waals surface area contributed by atoms with E-state index in [4.69, 9.17) is 0 Å². The van der Waals surface area contributed by atoms with Crippen LogP contribution in [0.5, 0.6) is 0 Å². The van der Waals surface area contributed by atoms with Gasteiger partial charge in [0, 0.05) is 56.5 Å². The van der Waals surface area contributed by atoms with Gasteiger partial charge in [-0.05, 0) is 42.7 Å². The molecule has 0 saturated carbocycles. The first kappa shape index (κ1) is 18.5. The third-order valence-electron chi connectivity index (χ3n) is 5.03. The van der Waals surface area contributed by atoms with E-state index >= 15 is 0 Å². The van der Waals surface area contributed by atoms with Crippen molar-refractivity contribution in [1.29, 1.82) is 0 Å². The third kappa shape index (κ3) is 3.85. The van der Waals surface area contributed by atoms with Gasteiger partial charge in [-0.3, -0.25) is 4.98 Å². The predicted octanol–water partition coefficient (Wildman–Crippen LogP) is 4.12. The number of piperidine rings is 1. The summed E-state index contributed by atoms with van der Waals surface area (Å²) in [7, 11) is 0. The lowest BCUT2D eigenvalue weighted by Crippen LogP contribution is -2.37. The predicted molar refractivity (Wildman–Crippen MR) is 99.0 cm³/mol. The van der Waals surface area contributed by atoms with Crippen molar-refractivity contribution in [3.05, 3.63) is 72.2 Å². The number of pyridine rings is 2. The van der Waals surface area contributed by atoms with E-state index in [1.807, 2.05) is 18.3 Å². The van der Waals surface area contributed by atoms with Crippen LogP contribution in [0.25, 0.3) is 0 Å². The Morgan fingerprint density at radius 2 is 1.86 bits per heavy atom. The van der Waals surface area contributed by atoms with Crippen LogP contribution in [-0.2, 0) is 12.7 Å². The highest BCUT2D eigenvalue weighted by atomic mass is 19.4. The van der Waals surface area contributed by atoms with E-state index in [1.54, 1.807) is 23.5 Å². The van der Waals surface area contributed by atoms with E-state index in [1.165, 1.54) is 12.3 Å². The second-order valence-corrected chi connectivity index (χ2v) is 6.93. The number of rotatable bonds is 4. The fourth-order valence-corrected chi connectivity index (χ4v) is 3.75. The molecule has 0 aromatic carbocycles. The van der Waals surface area contributed by atoms with Crippen LogP contribution in [0.15, 0.2) is 55.2 Å². The van der Waals surface area contributed by atoms with Gasteiger partial charge in [-0.1, -0.05) is 0 Å². The summed E-state index contributed by atoms with van der Waals surface area (Å²) in [5, 5.41) is 0. The largest absolute Gasteiger partial charge is 0.419 e.